The highest BCUT2D eigenvalue weighted by Gasteiger charge is 2.46. The first kappa shape index (κ1) is 22.2. The zero-order valence-electron chi connectivity index (χ0n) is 20.1. The summed E-state index contributed by atoms with van der Waals surface area (Å²) in [5.74, 6) is 3.06. The normalized spacial score (nSPS) is 24.1. The molecule has 3 aromatic carbocycles. The van der Waals surface area contributed by atoms with E-state index >= 15 is 0 Å². The van der Waals surface area contributed by atoms with Gasteiger partial charge in [-0.3, -0.25) is 4.79 Å². The van der Waals surface area contributed by atoms with Crippen molar-refractivity contribution in [3.63, 3.8) is 0 Å². The summed E-state index contributed by atoms with van der Waals surface area (Å²) in [5, 5.41) is 3.42. The molecule has 2 bridgehead atoms. The average Bonchev–Trinajstić information content (AvgIpc) is 2.91. The largest absolute Gasteiger partial charge is 0.493 e. The van der Waals surface area contributed by atoms with E-state index in [0.29, 0.717) is 17.2 Å². The number of quaternary nitrogens is 1. The Balaban J connectivity index is 1.10. The summed E-state index contributed by atoms with van der Waals surface area (Å²) in [6.45, 7) is 5.28. The van der Waals surface area contributed by atoms with Crippen LogP contribution < -0.4 is 14.8 Å². The number of piperidine rings is 3. The molecule has 1 N–H and O–H groups in total. The number of benzene rings is 3. The number of carbonyl (C=O) groups is 1. The monoisotopic (exact) mass is 469 g/mol. The van der Waals surface area contributed by atoms with Crippen molar-refractivity contribution in [3.8, 4) is 17.2 Å². The molecule has 0 aliphatic carbocycles. The molecule has 1 unspecified atom stereocenters. The van der Waals surface area contributed by atoms with E-state index in [-0.39, 0.29) is 11.9 Å². The summed E-state index contributed by atoms with van der Waals surface area (Å²) in [6.07, 6.45) is 4.19. The summed E-state index contributed by atoms with van der Waals surface area (Å²) in [4.78, 5) is 13.5. The Morgan fingerprint density at radius 3 is 2.57 bits per heavy atom. The molecule has 0 aromatic heterocycles. The molecular formula is C30H33N2O3+. The lowest BCUT2D eigenvalue weighted by Crippen LogP contribution is -2.67. The summed E-state index contributed by atoms with van der Waals surface area (Å²) in [5.41, 5.74) is 2.89. The van der Waals surface area contributed by atoms with E-state index in [4.69, 9.17) is 9.47 Å². The number of fused-ring (bicyclic) bond motifs is 5. The van der Waals surface area contributed by atoms with Gasteiger partial charge in [-0.15, -0.1) is 0 Å². The minimum Gasteiger partial charge on any atom is -0.493 e. The van der Waals surface area contributed by atoms with Gasteiger partial charge in [-0.05, 0) is 35.7 Å². The number of nitrogens with zero attached hydrogens (tertiary/aromatic N) is 1. The van der Waals surface area contributed by atoms with Crippen molar-refractivity contribution < 1.29 is 18.8 Å². The fourth-order valence-corrected chi connectivity index (χ4v) is 6.21. The maximum Gasteiger partial charge on any atom is 0.255 e. The Morgan fingerprint density at radius 1 is 0.943 bits per heavy atom. The van der Waals surface area contributed by atoms with Crippen LogP contribution in [0.15, 0.2) is 72.8 Å². The number of para-hydroxylation sites is 3. The quantitative estimate of drug-likeness (QED) is 0.299. The maximum atomic E-state index is 13.5. The Morgan fingerprint density at radius 2 is 1.71 bits per heavy atom. The second kappa shape index (κ2) is 9.38. The average molecular weight is 470 g/mol. The third kappa shape index (κ3) is 4.53. The van der Waals surface area contributed by atoms with Crippen LogP contribution in [0.4, 0.5) is 0 Å². The SMILES string of the molecule is O=C(NC1C[N+]2(CCCOc3ccccc3)CCC1CC2)c1cccc2c1Oc1ccccc1C2. The lowest BCUT2D eigenvalue weighted by molar-refractivity contribution is -0.944. The molecule has 1 amide bonds. The van der Waals surface area contributed by atoms with Crippen molar-refractivity contribution in [3.05, 3.63) is 89.5 Å². The minimum absolute atomic E-state index is 0.00876. The molecule has 3 fully saturated rings. The smallest absolute Gasteiger partial charge is 0.255 e. The van der Waals surface area contributed by atoms with E-state index in [2.05, 4.69) is 17.4 Å². The molecule has 4 heterocycles. The van der Waals surface area contributed by atoms with Crippen LogP contribution in [-0.2, 0) is 6.42 Å². The predicted molar refractivity (Wildman–Crippen MR) is 136 cm³/mol. The van der Waals surface area contributed by atoms with Crippen molar-refractivity contribution in [2.45, 2.75) is 31.7 Å². The van der Waals surface area contributed by atoms with E-state index in [1.807, 2.05) is 60.7 Å². The molecule has 0 spiro atoms. The van der Waals surface area contributed by atoms with Crippen LogP contribution in [0.1, 0.15) is 40.7 Å². The maximum absolute atomic E-state index is 13.5. The van der Waals surface area contributed by atoms with E-state index < -0.39 is 0 Å². The molecule has 180 valence electrons. The number of amides is 1. The second-order valence-electron chi connectivity index (χ2n) is 10.3. The number of nitrogens with one attached hydrogen (secondary N) is 1. The Labute approximate surface area is 207 Å². The van der Waals surface area contributed by atoms with E-state index in [0.717, 1.165) is 59.6 Å². The number of ether oxygens (including phenoxy) is 2. The zero-order valence-corrected chi connectivity index (χ0v) is 20.1. The highest BCUT2D eigenvalue weighted by atomic mass is 16.5. The van der Waals surface area contributed by atoms with Crippen LogP contribution in [0.2, 0.25) is 0 Å². The van der Waals surface area contributed by atoms with Crippen LogP contribution >= 0.6 is 0 Å². The molecule has 35 heavy (non-hydrogen) atoms. The first-order valence-corrected chi connectivity index (χ1v) is 12.9. The first-order chi connectivity index (χ1) is 17.2. The summed E-state index contributed by atoms with van der Waals surface area (Å²) < 4.78 is 13.3. The van der Waals surface area contributed by atoms with Gasteiger partial charge in [0.15, 0.2) is 0 Å². The molecule has 0 saturated carbocycles. The third-order valence-corrected chi connectivity index (χ3v) is 8.11. The Kier molecular flexibility index (Phi) is 5.95. The number of hydrogen-bond donors (Lipinski definition) is 1. The van der Waals surface area contributed by atoms with Crippen LogP contribution in [0.25, 0.3) is 0 Å². The third-order valence-electron chi connectivity index (χ3n) is 8.11. The van der Waals surface area contributed by atoms with Gasteiger partial charge < -0.3 is 19.3 Å². The zero-order chi connectivity index (χ0) is 23.7. The van der Waals surface area contributed by atoms with Gasteiger partial charge in [0.1, 0.15) is 17.2 Å². The second-order valence-corrected chi connectivity index (χ2v) is 10.3. The van der Waals surface area contributed by atoms with Crippen molar-refractivity contribution in [1.29, 1.82) is 0 Å². The number of hydrogen-bond acceptors (Lipinski definition) is 3. The van der Waals surface area contributed by atoms with E-state index in [9.17, 15) is 4.79 Å². The van der Waals surface area contributed by atoms with Crippen LogP contribution in [0.3, 0.4) is 0 Å². The van der Waals surface area contributed by atoms with Crippen LogP contribution in [0.5, 0.6) is 17.2 Å². The van der Waals surface area contributed by atoms with Crippen molar-refractivity contribution in [1.82, 2.24) is 5.32 Å². The molecule has 1 atom stereocenters. The van der Waals surface area contributed by atoms with Crippen molar-refractivity contribution in [2.24, 2.45) is 5.92 Å². The predicted octanol–water partition coefficient (Wildman–Crippen LogP) is 5.19. The van der Waals surface area contributed by atoms with Gasteiger partial charge in [0.05, 0.1) is 44.4 Å². The van der Waals surface area contributed by atoms with Crippen LogP contribution in [-0.4, -0.2) is 49.2 Å². The Hall–Kier alpha value is -3.31. The molecule has 7 rings (SSSR count). The molecule has 3 aromatic rings. The lowest BCUT2D eigenvalue weighted by Gasteiger charge is -2.52. The van der Waals surface area contributed by atoms with Gasteiger partial charge in [-0.25, -0.2) is 0 Å². The molecule has 0 radical (unpaired) electrons. The lowest BCUT2D eigenvalue weighted by atomic mass is 9.81. The topological polar surface area (TPSA) is 47.6 Å². The van der Waals surface area contributed by atoms with Crippen molar-refractivity contribution in [2.75, 3.05) is 32.8 Å². The van der Waals surface area contributed by atoms with Crippen molar-refractivity contribution >= 4 is 5.91 Å². The summed E-state index contributed by atoms with van der Waals surface area (Å²) in [7, 11) is 0. The van der Waals surface area contributed by atoms with Gasteiger partial charge >= 0.3 is 0 Å². The van der Waals surface area contributed by atoms with E-state index in [1.54, 1.807) is 0 Å². The van der Waals surface area contributed by atoms with E-state index in [1.165, 1.54) is 25.9 Å². The molecule has 5 heteroatoms. The standard InChI is InChI=1S/C30H32N2O3/c33-30(26-12-6-9-24-20-23-8-4-5-13-28(23)35-29(24)26)31-27-21-32(17-14-22(27)15-18-32)16-7-19-34-25-10-2-1-3-11-25/h1-6,8-13,22,27H,7,14-21H2/p+1. The van der Waals surface area contributed by atoms with Gasteiger partial charge in [-0.2, -0.15) is 0 Å². The number of carbonyl (C=O) groups excluding carboxylic acids is 1. The molecule has 4 aliphatic rings. The first-order valence-electron chi connectivity index (χ1n) is 12.9. The highest BCUT2D eigenvalue weighted by Crippen LogP contribution is 2.39. The van der Waals surface area contributed by atoms with Gasteiger partial charge in [0, 0.05) is 31.2 Å². The molecule has 4 aliphatic heterocycles. The van der Waals surface area contributed by atoms with Gasteiger partial charge in [0.25, 0.3) is 5.91 Å². The number of rotatable bonds is 7. The van der Waals surface area contributed by atoms with Gasteiger partial charge in [-0.1, -0.05) is 48.5 Å². The summed E-state index contributed by atoms with van der Waals surface area (Å²) in [6, 6.07) is 24.3. The highest BCUT2D eigenvalue weighted by molar-refractivity contribution is 5.98. The fourth-order valence-electron chi connectivity index (χ4n) is 6.21. The minimum atomic E-state index is -0.00876. The fraction of sp³-hybridized carbons (Fsp3) is 0.367. The molecule has 3 saturated heterocycles. The molecular weight excluding hydrogens is 436 g/mol. The molecule has 5 nitrogen and oxygen atoms in total. The summed E-state index contributed by atoms with van der Waals surface area (Å²) >= 11 is 0. The van der Waals surface area contributed by atoms with Crippen LogP contribution in [0, 0.1) is 5.92 Å². The van der Waals surface area contributed by atoms with Gasteiger partial charge in [0.2, 0.25) is 0 Å². The Bertz CT molecular complexity index is 1200.